The Balaban J connectivity index is 2.10. The average Bonchev–Trinajstić information content (AvgIpc) is 2.93. The predicted octanol–water partition coefficient (Wildman–Crippen LogP) is 2.93. The molecule has 0 bridgehead atoms. The zero-order valence-electron chi connectivity index (χ0n) is 11.7. The van der Waals surface area contributed by atoms with Gasteiger partial charge in [0.15, 0.2) is 0 Å². The van der Waals surface area contributed by atoms with Crippen LogP contribution in [-0.4, -0.2) is 17.2 Å². The van der Waals surface area contributed by atoms with Crippen LogP contribution in [-0.2, 0) is 0 Å². The van der Waals surface area contributed by atoms with Gasteiger partial charge in [0.2, 0.25) is 0 Å². The molecule has 0 saturated heterocycles. The van der Waals surface area contributed by atoms with Crippen LogP contribution in [0, 0.1) is 0 Å². The third kappa shape index (κ3) is 2.01. The standard InChI is InChI=1S/C18H13BO3/c20-19(21)16-11-13(12-6-2-1-3-7-12)10-15-14-8-4-5-9-17(14)22-18(15)16/h1-11,20-21H. The summed E-state index contributed by atoms with van der Waals surface area (Å²) in [5.74, 6) is 0. The number of rotatable bonds is 2. The fourth-order valence-electron chi connectivity index (χ4n) is 2.84. The first-order chi connectivity index (χ1) is 10.7. The summed E-state index contributed by atoms with van der Waals surface area (Å²) in [6.45, 7) is 0. The number of furan rings is 1. The van der Waals surface area contributed by atoms with E-state index >= 15 is 0 Å². The van der Waals surface area contributed by atoms with Crippen molar-refractivity contribution in [1.82, 2.24) is 0 Å². The molecule has 22 heavy (non-hydrogen) atoms. The molecule has 0 unspecified atom stereocenters. The van der Waals surface area contributed by atoms with Crippen molar-refractivity contribution in [1.29, 1.82) is 0 Å². The normalized spacial score (nSPS) is 11.2. The first kappa shape index (κ1) is 13.1. The molecule has 3 aromatic carbocycles. The van der Waals surface area contributed by atoms with Gasteiger partial charge in [-0.2, -0.15) is 0 Å². The quantitative estimate of drug-likeness (QED) is 0.558. The predicted molar refractivity (Wildman–Crippen MR) is 89.0 cm³/mol. The number of benzene rings is 3. The van der Waals surface area contributed by atoms with E-state index in [4.69, 9.17) is 4.42 Å². The highest BCUT2D eigenvalue weighted by Gasteiger charge is 2.21. The molecule has 1 heterocycles. The summed E-state index contributed by atoms with van der Waals surface area (Å²) in [6, 6.07) is 21.4. The molecule has 4 heteroatoms. The third-order valence-electron chi connectivity index (χ3n) is 3.89. The summed E-state index contributed by atoms with van der Waals surface area (Å²) in [5, 5.41) is 21.3. The lowest BCUT2D eigenvalue weighted by Crippen LogP contribution is -2.30. The van der Waals surface area contributed by atoms with Crippen LogP contribution in [0.4, 0.5) is 0 Å². The smallest absolute Gasteiger partial charge is 0.456 e. The lowest BCUT2D eigenvalue weighted by molar-refractivity contribution is 0.425. The van der Waals surface area contributed by atoms with Crippen LogP contribution in [0.25, 0.3) is 33.1 Å². The van der Waals surface area contributed by atoms with E-state index in [1.807, 2.05) is 60.7 Å². The first-order valence-electron chi connectivity index (χ1n) is 7.11. The molecule has 0 aliphatic heterocycles. The van der Waals surface area contributed by atoms with E-state index in [0.29, 0.717) is 11.0 Å². The van der Waals surface area contributed by atoms with Gasteiger partial charge in [-0.25, -0.2) is 0 Å². The van der Waals surface area contributed by atoms with Gasteiger partial charge in [-0.1, -0.05) is 54.6 Å². The molecule has 0 aliphatic carbocycles. The van der Waals surface area contributed by atoms with Gasteiger partial charge in [0, 0.05) is 16.2 Å². The molecule has 0 aliphatic rings. The fourth-order valence-corrected chi connectivity index (χ4v) is 2.84. The van der Waals surface area contributed by atoms with E-state index in [0.717, 1.165) is 27.5 Å². The minimum absolute atomic E-state index is 0.382. The molecule has 0 radical (unpaired) electrons. The van der Waals surface area contributed by atoms with Crippen molar-refractivity contribution >= 4 is 34.5 Å². The summed E-state index contributed by atoms with van der Waals surface area (Å²) in [7, 11) is -1.58. The van der Waals surface area contributed by atoms with E-state index < -0.39 is 7.12 Å². The molecule has 0 fully saturated rings. The van der Waals surface area contributed by atoms with Crippen molar-refractivity contribution < 1.29 is 14.5 Å². The zero-order chi connectivity index (χ0) is 15.1. The maximum Gasteiger partial charge on any atom is 0.492 e. The van der Waals surface area contributed by atoms with Crippen molar-refractivity contribution in [3.05, 3.63) is 66.7 Å². The lowest BCUT2D eigenvalue weighted by atomic mass is 9.77. The molecule has 0 atom stereocenters. The van der Waals surface area contributed by atoms with Gasteiger partial charge in [-0.05, 0) is 23.3 Å². The Labute approximate surface area is 127 Å². The summed E-state index contributed by atoms with van der Waals surface area (Å²) in [4.78, 5) is 0. The van der Waals surface area contributed by atoms with Crippen molar-refractivity contribution in [2.24, 2.45) is 0 Å². The SMILES string of the molecule is OB(O)c1cc(-c2ccccc2)cc2c1oc1ccccc12. The van der Waals surface area contributed by atoms with Gasteiger partial charge in [0.1, 0.15) is 11.2 Å². The van der Waals surface area contributed by atoms with E-state index in [2.05, 4.69) is 0 Å². The topological polar surface area (TPSA) is 53.6 Å². The van der Waals surface area contributed by atoms with Crippen LogP contribution in [0.3, 0.4) is 0 Å². The Morgan fingerprint density at radius 3 is 2.23 bits per heavy atom. The molecule has 106 valence electrons. The van der Waals surface area contributed by atoms with Gasteiger partial charge < -0.3 is 14.5 Å². The summed E-state index contributed by atoms with van der Waals surface area (Å²) >= 11 is 0. The maximum absolute atomic E-state index is 9.71. The highest BCUT2D eigenvalue weighted by molar-refractivity contribution is 6.62. The van der Waals surface area contributed by atoms with E-state index in [-0.39, 0.29) is 0 Å². The van der Waals surface area contributed by atoms with E-state index in [9.17, 15) is 10.0 Å². The summed E-state index contributed by atoms with van der Waals surface area (Å²) in [5.41, 5.74) is 3.60. The van der Waals surface area contributed by atoms with Crippen LogP contribution >= 0.6 is 0 Å². The summed E-state index contributed by atoms with van der Waals surface area (Å²) < 4.78 is 5.82. The van der Waals surface area contributed by atoms with Gasteiger partial charge in [0.05, 0.1) is 0 Å². The van der Waals surface area contributed by atoms with Crippen molar-refractivity contribution in [2.75, 3.05) is 0 Å². The second-order valence-electron chi connectivity index (χ2n) is 5.28. The molecular weight excluding hydrogens is 275 g/mol. The largest absolute Gasteiger partial charge is 0.492 e. The molecule has 1 aromatic heterocycles. The second kappa shape index (κ2) is 5.02. The Bertz CT molecular complexity index is 958. The number of hydrogen-bond donors (Lipinski definition) is 2. The average molecular weight is 288 g/mol. The molecule has 4 aromatic rings. The summed E-state index contributed by atoms with van der Waals surface area (Å²) in [6.07, 6.45) is 0. The number of hydrogen-bond acceptors (Lipinski definition) is 3. The van der Waals surface area contributed by atoms with Crippen LogP contribution in [0.1, 0.15) is 0 Å². The van der Waals surface area contributed by atoms with Gasteiger partial charge in [-0.15, -0.1) is 0 Å². The third-order valence-corrected chi connectivity index (χ3v) is 3.89. The van der Waals surface area contributed by atoms with Crippen LogP contribution < -0.4 is 5.46 Å². The van der Waals surface area contributed by atoms with Gasteiger partial charge >= 0.3 is 7.12 Å². The Morgan fingerprint density at radius 1 is 0.727 bits per heavy atom. The van der Waals surface area contributed by atoms with Crippen molar-refractivity contribution in [3.8, 4) is 11.1 Å². The highest BCUT2D eigenvalue weighted by atomic mass is 16.4. The first-order valence-corrected chi connectivity index (χ1v) is 7.11. The maximum atomic E-state index is 9.71. The number of para-hydroxylation sites is 1. The Morgan fingerprint density at radius 2 is 1.45 bits per heavy atom. The fraction of sp³-hybridized carbons (Fsp3) is 0. The molecule has 3 nitrogen and oxygen atoms in total. The monoisotopic (exact) mass is 288 g/mol. The molecule has 4 rings (SSSR count). The lowest BCUT2D eigenvalue weighted by Gasteiger charge is -2.06. The number of fused-ring (bicyclic) bond motifs is 3. The van der Waals surface area contributed by atoms with Crippen LogP contribution in [0.15, 0.2) is 71.1 Å². The zero-order valence-corrected chi connectivity index (χ0v) is 11.7. The van der Waals surface area contributed by atoms with Gasteiger partial charge in [-0.3, -0.25) is 0 Å². The van der Waals surface area contributed by atoms with E-state index in [1.165, 1.54) is 0 Å². The molecule has 0 amide bonds. The van der Waals surface area contributed by atoms with Crippen molar-refractivity contribution in [3.63, 3.8) is 0 Å². The molecule has 2 N–H and O–H groups in total. The minimum atomic E-state index is -1.58. The molecular formula is C18H13BO3. The Hall–Kier alpha value is -2.56. The van der Waals surface area contributed by atoms with Crippen molar-refractivity contribution in [2.45, 2.75) is 0 Å². The van der Waals surface area contributed by atoms with Crippen LogP contribution in [0.2, 0.25) is 0 Å². The second-order valence-corrected chi connectivity index (χ2v) is 5.28. The van der Waals surface area contributed by atoms with Gasteiger partial charge in [0.25, 0.3) is 0 Å². The minimum Gasteiger partial charge on any atom is -0.456 e. The highest BCUT2D eigenvalue weighted by Crippen LogP contribution is 2.31. The molecule has 0 spiro atoms. The Kier molecular flexibility index (Phi) is 3.00. The van der Waals surface area contributed by atoms with Crippen LogP contribution in [0.5, 0.6) is 0 Å². The van der Waals surface area contributed by atoms with E-state index in [1.54, 1.807) is 6.07 Å². The molecule has 0 saturated carbocycles.